The van der Waals surface area contributed by atoms with E-state index in [1.807, 2.05) is 43.8 Å². The standard InChI is InChI=1S/C12H16OS/c1-11(2,13)12(8-9-12)14-10-6-4-3-5-7-10/h3-7,13H,8-9H2,1-2H3. The van der Waals surface area contributed by atoms with Gasteiger partial charge in [-0.1, -0.05) is 18.2 Å². The summed E-state index contributed by atoms with van der Waals surface area (Å²) in [4.78, 5) is 1.26. The Morgan fingerprint density at radius 1 is 1.21 bits per heavy atom. The maximum Gasteiger partial charge on any atom is 0.0741 e. The van der Waals surface area contributed by atoms with E-state index in [9.17, 15) is 5.11 Å². The molecule has 2 heteroatoms. The van der Waals surface area contributed by atoms with Crippen LogP contribution < -0.4 is 0 Å². The van der Waals surface area contributed by atoms with Crippen LogP contribution in [0.3, 0.4) is 0 Å². The topological polar surface area (TPSA) is 20.2 Å². The van der Waals surface area contributed by atoms with Gasteiger partial charge in [-0.15, -0.1) is 11.8 Å². The highest BCUT2D eigenvalue weighted by Gasteiger charge is 2.54. The molecule has 14 heavy (non-hydrogen) atoms. The summed E-state index contributed by atoms with van der Waals surface area (Å²) in [6.45, 7) is 3.83. The molecule has 0 unspecified atom stereocenters. The van der Waals surface area contributed by atoms with Gasteiger partial charge in [-0.25, -0.2) is 0 Å². The molecule has 1 saturated carbocycles. The first-order valence-corrected chi connectivity index (χ1v) is 5.82. The SMILES string of the molecule is CC(C)(O)C1(Sc2ccccc2)CC1. The molecular formula is C12H16OS. The van der Waals surface area contributed by atoms with Crippen molar-refractivity contribution < 1.29 is 5.11 Å². The lowest BCUT2D eigenvalue weighted by Crippen LogP contribution is -2.35. The van der Waals surface area contributed by atoms with E-state index >= 15 is 0 Å². The van der Waals surface area contributed by atoms with Gasteiger partial charge in [0.2, 0.25) is 0 Å². The average Bonchev–Trinajstić information content (AvgIpc) is 2.86. The molecule has 0 heterocycles. The minimum Gasteiger partial charge on any atom is -0.389 e. The number of hydrogen-bond donors (Lipinski definition) is 1. The van der Waals surface area contributed by atoms with Crippen LogP contribution in [0.15, 0.2) is 35.2 Å². The highest BCUT2D eigenvalue weighted by atomic mass is 32.2. The summed E-state index contributed by atoms with van der Waals surface area (Å²) in [7, 11) is 0. The smallest absolute Gasteiger partial charge is 0.0741 e. The van der Waals surface area contributed by atoms with Gasteiger partial charge in [0.15, 0.2) is 0 Å². The second-order valence-corrected chi connectivity index (χ2v) is 5.93. The van der Waals surface area contributed by atoms with E-state index in [4.69, 9.17) is 0 Å². The van der Waals surface area contributed by atoms with E-state index in [2.05, 4.69) is 12.1 Å². The summed E-state index contributed by atoms with van der Waals surface area (Å²) in [5.41, 5.74) is -0.576. The molecule has 1 nitrogen and oxygen atoms in total. The van der Waals surface area contributed by atoms with Crippen LogP contribution in [0.5, 0.6) is 0 Å². The quantitative estimate of drug-likeness (QED) is 0.823. The van der Waals surface area contributed by atoms with Crippen LogP contribution in [0, 0.1) is 0 Å². The molecule has 1 aliphatic carbocycles. The molecule has 0 aromatic heterocycles. The molecule has 0 spiro atoms. The minimum atomic E-state index is -0.576. The third-order valence-corrected chi connectivity index (χ3v) is 4.68. The van der Waals surface area contributed by atoms with Crippen molar-refractivity contribution in [1.82, 2.24) is 0 Å². The molecular weight excluding hydrogens is 192 g/mol. The zero-order valence-electron chi connectivity index (χ0n) is 8.66. The highest BCUT2D eigenvalue weighted by Crippen LogP contribution is 2.57. The Kier molecular flexibility index (Phi) is 2.36. The van der Waals surface area contributed by atoms with Crippen molar-refractivity contribution in [3.05, 3.63) is 30.3 Å². The zero-order valence-corrected chi connectivity index (χ0v) is 9.47. The first-order valence-electron chi connectivity index (χ1n) is 5.00. The predicted octanol–water partition coefficient (Wildman–Crippen LogP) is 3.08. The molecule has 1 aromatic rings. The number of rotatable bonds is 3. The molecule has 1 fully saturated rings. The summed E-state index contributed by atoms with van der Waals surface area (Å²) < 4.78 is 0.0638. The zero-order chi connectivity index (χ0) is 10.2. The fourth-order valence-electron chi connectivity index (χ4n) is 1.67. The van der Waals surface area contributed by atoms with Crippen LogP contribution in [-0.2, 0) is 0 Å². The third-order valence-electron chi connectivity index (χ3n) is 2.88. The summed E-state index contributed by atoms with van der Waals surface area (Å²) in [6, 6.07) is 10.3. The maximum absolute atomic E-state index is 10.0. The molecule has 76 valence electrons. The summed E-state index contributed by atoms with van der Waals surface area (Å²) in [5.74, 6) is 0. The van der Waals surface area contributed by atoms with Crippen molar-refractivity contribution in [1.29, 1.82) is 0 Å². The third kappa shape index (κ3) is 1.82. The van der Waals surface area contributed by atoms with E-state index < -0.39 is 5.60 Å². The van der Waals surface area contributed by atoms with Crippen molar-refractivity contribution in [2.24, 2.45) is 0 Å². The van der Waals surface area contributed by atoms with E-state index in [1.165, 1.54) is 4.90 Å². The summed E-state index contributed by atoms with van der Waals surface area (Å²) in [5, 5.41) is 10.0. The number of thioether (sulfide) groups is 1. The van der Waals surface area contributed by atoms with Gasteiger partial charge in [0.05, 0.1) is 5.60 Å². The Hall–Kier alpha value is -0.470. The van der Waals surface area contributed by atoms with Crippen LogP contribution in [0.2, 0.25) is 0 Å². The van der Waals surface area contributed by atoms with Gasteiger partial charge in [0.25, 0.3) is 0 Å². The number of hydrogen-bond acceptors (Lipinski definition) is 2. The van der Waals surface area contributed by atoms with Gasteiger partial charge in [0, 0.05) is 9.64 Å². The average molecular weight is 208 g/mol. The molecule has 0 atom stereocenters. The lowest BCUT2D eigenvalue weighted by atomic mass is 10.0. The van der Waals surface area contributed by atoms with Crippen LogP contribution in [0.25, 0.3) is 0 Å². The van der Waals surface area contributed by atoms with Gasteiger partial charge in [-0.05, 0) is 38.8 Å². The fraction of sp³-hybridized carbons (Fsp3) is 0.500. The van der Waals surface area contributed by atoms with Crippen LogP contribution >= 0.6 is 11.8 Å². The first-order chi connectivity index (χ1) is 6.54. The predicted molar refractivity (Wildman–Crippen MR) is 60.6 cm³/mol. The lowest BCUT2D eigenvalue weighted by molar-refractivity contribution is 0.0700. The molecule has 0 bridgehead atoms. The van der Waals surface area contributed by atoms with Gasteiger partial charge >= 0.3 is 0 Å². The number of aliphatic hydroxyl groups is 1. The van der Waals surface area contributed by atoms with Gasteiger partial charge < -0.3 is 5.11 Å². The van der Waals surface area contributed by atoms with Crippen LogP contribution in [0.4, 0.5) is 0 Å². The molecule has 1 aliphatic rings. The van der Waals surface area contributed by atoms with Gasteiger partial charge in [-0.3, -0.25) is 0 Å². The first kappa shape index (κ1) is 10.1. The minimum absolute atomic E-state index is 0.0638. The Bertz CT molecular complexity index is 309. The summed E-state index contributed by atoms with van der Waals surface area (Å²) in [6.07, 6.45) is 2.24. The Balaban J connectivity index is 2.13. The number of benzene rings is 1. The maximum atomic E-state index is 10.0. The van der Waals surface area contributed by atoms with E-state index in [0.29, 0.717) is 0 Å². The monoisotopic (exact) mass is 208 g/mol. The van der Waals surface area contributed by atoms with E-state index in [0.717, 1.165) is 12.8 Å². The highest BCUT2D eigenvalue weighted by molar-refractivity contribution is 8.01. The molecule has 2 rings (SSSR count). The van der Waals surface area contributed by atoms with Gasteiger partial charge in [0.1, 0.15) is 0 Å². The largest absolute Gasteiger partial charge is 0.389 e. The second kappa shape index (κ2) is 3.28. The fourth-order valence-corrected chi connectivity index (χ4v) is 2.97. The van der Waals surface area contributed by atoms with Crippen molar-refractivity contribution >= 4 is 11.8 Å². The van der Waals surface area contributed by atoms with Crippen molar-refractivity contribution in [3.63, 3.8) is 0 Å². The Morgan fingerprint density at radius 3 is 2.21 bits per heavy atom. The van der Waals surface area contributed by atoms with Crippen molar-refractivity contribution in [2.45, 2.75) is 41.9 Å². The normalized spacial score (nSPS) is 19.4. The molecule has 0 saturated heterocycles. The Morgan fingerprint density at radius 2 is 1.79 bits per heavy atom. The van der Waals surface area contributed by atoms with E-state index in [-0.39, 0.29) is 4.75 Å². The second-order valence-electron chi connectivity index (χ2n) is 4.47. The van der Waals surface area contributed by atoms with Crippen molar-refractivity contribution in [2.75, 3.05) is 0 Å². The molecule has 1 N–H and O–H groups in total. The molecule has 1 aromatic carbocycles. The Labute approximate surface area is 89.5 Å². The lowest BCUT2D eigenvalue weighted by Gasteiger charge is -2.28. The molecule has 0 radical (unpaired) electrons. The van der Waals surface area contributed by atoms with E-state index in [1.54, 1.807) is 0 Å². The summed E-state index contributed by atoms with van der Waals surface area (Å²) >= 11 is 1.81. The molecule has 0 amide bonds. The van der Waals surface area contributed by atoms with Crippen LogP contribution in [0.1, 0.15) is 26.7 Å². The van der Waals surface area contributed by atoms with Crippen molar-refractivity contribution in [3.8, 4) is 0 Å². The van der Waals surface area contributed by atoms with Crippen LogP contribution in [-0.4, -0.2) is 15.5 Å². The molecule has 0 aliphatic heterocycles. The van der Waals surface area contributed by atoms with Gasteiger partial charge in [-0.2, -0.15) is 0 Å².